The van der Waals surface area contributed by atoms with E-state index in [0.717, 1.165) is 6.07 Å². The molecule has 0 radical (unpaired) electrons. The molecule has 72 valence electrons. The highest BCUT2D eigenvalue weighted by atomic mass is 35.5. The lowest BCUT2D eigenvalue weighted by atomic mass is 10.2. The van der Waals surface area contributed by atoms with Crippen LogP contribution in [0.1, 0.15) is 0 Å². The van der Waals surface area contributed by atoms with E-state index in [9.17, 15) is 8.78 Å². The normalized spacial score (nSPS) is 10.5. The number of halogens is 3. The van der Waals surface area contributed by atoms with E-state index in [1.54, 1.807) is 0 Å². The molecule has 1 aromatic rings. The van der Waals surface area contributed by atoms with Gasteiger partial charge in [-0.1, -0.05) is 11.6 Å². The van der Waals surface area contributed by atoms with Crippen LogP contribution in [0.3, 0.4) is 0 Å². The van der Waals surface area contributed by atoms with Crippen LogP contribution in [0.15, 0.2) is 12.1 Å². The van der Waals surface area contributed by atoms with E-state index in [1.165, 1.54) is 6.07 Å². The summed E-state index contributed by atoms with van der Waals surface area (Å²) in [6.07, 6.45) is 0. The molecule has 0 aliphatic carbocycles. The summed E-state index contributed by atoms with van der Waals surface area (Å²) in [6.45, 7) is -2.93. The van der Waals surface area contributed by atoms with Crippen molar-refractivity contribution < 1.29 is 13.5 Å². The average molecular weight is 209 g/mol. The second kappa shape index (κ2) is 3.66. The third kappa shape index (κ3) is 2.35. The summed E-state index contributed by atoms with van der Waals surface area (Å²) in [6, 6.07) is 2.42. The van der Waals surface area contributed by atoms with Crippen LogP contribution in [0.25, 0.3) is 0 Å². The number of rotatable bonds is 2. The fourth-order valence-corrected chi connectivity index (χ4v) is 0.987. The first-order chi connectivity index (χ1) is 6.00. The van der Waals surface area contributed by atoms with Crippen molar-refractivity contribution >= 4 is 23.0 Å². The van der Waals surface area contributed by atoms with Gasteiger partial charge in [-0.15, -0.1) is 0 Å². The zero-order valence-electron chi connectivity index (χ0n) is 6.43. The quantitative estimate of drug-likeness (QED) is 0.732. The van der Waals surface area contributed by atoms with Gasteiger partial charge in [-0.3, -0.25) is 0 Å². The molecule has 0 atom stereocenters. The molecular formula is C7H7ClF2N2O. The molecule has 0 saturated heterocycles. The SMILES string of the molecule is Nc1cc(Cl)c(OC(F)F)cc1N. The van der Waals surface area contributed by atoms with Gasteiger partial charge < -0.3 is 16.2 Å². The molecule has 0 fully saturated rings. The van der Waals surface area contributed by atoms with Gasteiger partial charge in [0.15, 0.2) is 0 Å². The van der Waals surface area contributed by atoms with Gasteiger partial charge in [0.25, 0.3) is 0 Å². The van der Waals surface area contributed by atoms with Crippen LogP contribution in [0.4, 0.5) is 20.2 Å². The maximum absolute atomic E-state index is 11.8. The van der Waals surface area contributed by atoms with Crippen molar-refractivity contribution in [3.8, 4) is 5.75 Å². The minimum Gasteiger partial charge on any atom is -0.433 e. The molecule has 1 rings (SSSR count). The van der Waals surface area contributed by atoms with Crippen molar-refractivity contribution in [2.45, 2.75) is 6.61 Å². The fourth-order valence-electron chi connectivity index (χ4n) is 0.771. The largest absolute Gasteiger partial charge is 0.433 e. The van der Waals surface area contributed by atoms with Crippen LogP contribution < -0.4 is 16.2 Å². The minimum absolute atomic E-state index is 0.00648. The molecule has 0 heterocycles. The highest BCUT2D eigenvalue weighted by Crippen LogP contribution is 2.32. The molecule has 3 nitrogen and oxygen atoms in total. The Morgan fingerprint density at radius 2 is 1.77 bits per heavy atom. The standard InChI is InChI=1S/C7H7ClF2N2O/c8-3-1-4(11)5(12)2-6(3)13-7(9)10/h1-2,7H,11-12H2. The van der Waals surface area contributed by atoms with Gasteiger partial charge in [0, 0.05) is 6.07 Å². The van der Waals surface area contributed by atoms with E-state index in [1.807, 2.05) is 0 Å². The molecule has 1 aromatic carbocycles. The van der Waals surface area contributed by atoms with Crippen molar-refractivity contribution in [1.82, 2.24) is 0 Å². The molecule has 0 bridgehead atoms. The second-order valence-corrected chi connectivity index (χ2v) is 2.70. The van der Waals surface area contributed by atoms with E-state index in [4.69, 9.17) is 23.1 Å². The van der Waals surface area contributed by atoms with Gasteiger partial charge in [0.2, 0.25) is 0 Å². The Bertz CT molecular complexity index is 320. The lowest BCUT2D eigenvalue weighted by molar-refractivity contribution is -0.0497. The number of anilines is 2. The van der Waals surface area contributed by atoms with Crippen molar-refractivity contribution in [1.29, 1.82) is 0 Å². The second-order valence-electron chi connectivity index (χ2n) is 2.29. The summed E-state index contributed by atoms with van der Waals surface area (Å²) in [7, 11) is 0. The fraction of sp³-hybridized carbons (Fsp3) is 0.143. The van der Waals surface area contributed by atoms with Crippen LogP contribution in [0.2, 0.25) is 5.02 Å². The lowest BCUT2D eigenvalue weighted by Crippen LogP contribution is -2.04. The van der Waals surface area contributed by atoms with Crippen LogP contribution in [0.5, 0.6) is 5.75 Å². The Morgan fingerprint density at radius 1 is 1.23 bits per heavy atom. The molecule has 0 unspecified atom stereocenters. The first-order valence-electron chi connectivity index (χ1n) is 3.30. The molecule has 0 aromatic heterocycles. The van der Waals surface area contributed by atoms with Crippen LogP contribution in [-0.2, 0) is 0 Å². The Morgan fingerprint density at radius 3 is 2.31 bits per heavy atom. The number of hydrogen-bond acceptors (Lipinski definition) is 3. The molecule has 0 amide bonds. The van der Waals surface area contributed by atoms with Crippen LogP contribution in [-0.4, -0.2) is 6.61 Å². The summed E-state index contributed by atoms with van der Waals surface area (Å²) in [5.74, 6) is -0.177. The molecule has 13 heavy (non-hydrogen) atoms. The Kier molecular flexibility index (Phi) is 2.77. The van der Waals surface area contributed by atoms with Crippen molar-refractivity contribution in [3.05, 3.63) is 17.2 Å². The molecule has 0 aliphatic rings. The topological polar surface area (TPSA) is 61.3 Å². The number of nitrogens with two attached hydrogens (primary N) is 2. The summed E-state index contributed by atoms with van der Waals surface area (Å²) in [5, 5.41) is 0.00648. The summed E-state index contributed by atoms with van der Waals surface area (Å²) < 4.78 is 27.6. The van der Waals surface area contributed by atoms with E-state index < -0.39 is 6.61 Å². The maximum atomic E-state index is 11.8. The average Bonchev–Trinajstić information content (AvgIpc) is 1.99. The number of hydrogen-bond donors (Lipinski definition) is 2. The first kappa shape index (κ1) is 9.85. The number of nitrogen functional groups attached to an aromatic ring is 2. The van der Waals surface area contributed by atoms with Gasteiger partial charge in [-0.05, 0) is 6.07 Å². The Labute approximate surface area is 78.2 Å². The third-order valence-corrected chi connectivity index (χ3v) is 1.65. The van der Waals surface area contributed by atoms with Crippen LogP contribution >= 0.6 is 11.6 Å². The molecule has 0 saturated carbocycles. The van der Waals surface area contributed by atoms with Gasteiger partial charge >= 0.3 is 6.61 Å². The van der Waals surface area contributed by atoms with Crippen molar-refractivity contribution in [2.24, 2.45) is 0 Å². The summed E-state index contributed by atoms with van der Waals surface area (Å²) >= 11 is 5.55. The van der Waals surface area contributed by atoms with Gasteiger partial charge in [0.05, 0.1) is 16.4 Å². The number of benzene rings is 1. The van der Waals surface area contributed by atoms with Crippen LogP contribution in [0, 0.1) is 0 Å². The lowest BCUT2D eigenvalue weighted by Gasteiger charge is -2.08. The van der Waals surface area contributed by atoms with Gasteiger partial charge in [-0.25, -0.2) is 0 Å². The summed E-state index contributed by atoms with van der Waals surface area (Å²) in [4.78, 5) is 0. The van der Waals surface area contributed by atoms with E-state index in [0.29, 0.717) is 0 Å². The molecule has 0 spiro atoms. The maximum Gasteiger partial charge on any atom is 0.387 e. The monoisotopic (exact) mass is 208 g/mol. The van der Waals surface area contributed by atoms with Gasteiger partial charge in [0.1, 0.15) is 5.75 Å². The highest BCUT2D eigenvalue weighted by Gasteiger charge is 2.10. The zero-order valence-corrected chi connectivity index (χ0v) is 7.18. The molecule has 6 heteroatoms. The summed E-state index contributed by atoms with van der Waals surface area (Å²) in [5.41, 5.74) is 11.1. The predicted octanol–water partition coefficient (Wildman–Crippen LogP) is 2.11. The van der Waals surface area contributed by atoms with E-state index in [-0.39, 0.29) is 22.1 Å². The first-order valence-corrected chi connectivity index (χ1v) is 3.68. The number of alkyl halides is 2. The highest BCUT2D eigenvalue weighted by molar-refractivity contribution is 6.32. The minimum atomic E-state index is -2.93. The number of ether oxygens (including phenoxy) is 1. The Hall–Kier alpha value is -1.23. The smallest absolute Gasteiger partial charge is 0.387 e. The van der Waals surface area contributed by atoms with E-state index in [2.05, 4.69) is 4.74 Å². The molecular weight excluding hydrogens is 202 g/mol. The van der Waals surface area contributed by atoms with E-state index >= 15 is 0 Å². The predicted molar refractivity (Wildman–Crippen MR) is 46.9 cm³/mol. The molecule has 4 N–H and O–H groups in total. The van der Waals surface area contributed by atoms with Crippen molar-refractivity contribution in [3.63, 3.8) is 0 Å². The molecule has 0 aliphatic heterocycles. The van der Waals surface area contributed by atoms with Crippen molar-refractivity contribution in [2.75, 3.05) is 11.5 Å². The van der Waals surface area contributed by atoms with Gasteiger partial charge in [-0.2, -0.15) is 8.78 Å². The third-order valence-electron chi connectivity index (χ3n) is 1.35. The Balaban J connectivity index is 3.01. The zero-order chi connectivity index (χ0) is 10.0.